The topological polar surface area (TPSA) is 72.2 Å². The van der Waals surface area contributed by atoms with E-state index in [0.717, 1.165) is 0 Å². The Hall–Kier alpha value is -1.56. The van der Waals surface area contributed by atoms with Gasteiger partial charge in [0.1, 0.15) is 5.75 Å². The van der Waals surface area contributed by atoms with Crippen LogP contribution in [0.25, 0.3) is 0 Å². The Morgan fingerprint density at radius 2 is 1.86 bits per heavy atom. The number of hydrogen-bond donors (Lipinski definition) is 2. The minimum absolute atomic E-state index is 0.196. The van der Waals surface area contributed by atoms with E-state index in [4.69, 9.17) is 28.9 Å². The summed E-state index contributed by atoms with van der Waals surface area (Å²) < 4.78 is 12.1. The van der Waals surface area contributed by atoms with Gasteiger partial charge >= 0.3 is 0 Å². The molecule has 1 unspecified atom stereocenters. The fourth-order valence-corrected chi connectivity index (χ4v) is 3.07. The molecular weight excluding hydrogens is 331 g/mol. The molecule has 0 bridgehead atoms. The smallest absolute Gasteiger partial charge is 0.237 e. The maximum absolute atomic E-state index is 12.1. The lowest BCUT2D eigenvalue weighted by molar-refractivity contribution is -0.113. The van der Waals surface area contributed by atoms with E-state index in [1.807, 2.05) is 0 Å². The number of hydrogen-bond acceptors (Lipinski definition) is 3. The van der Waals surface area contributed by atoms with Crippen LogP contribution < -0.4 is 11.1 Å². The number of nitrogens with two attached hydrogens (primary N) is 1. The Balaban J connectivity index is 2.04. The molecule has 2 rings (SSSR count). The Morgan fingerprint density at radius 3 is 2.52 bits per heavy atom. The second-order valence-electron chi connectivity index (χ2n) is 4.23. The lowest BCUT2D eigenvalue weighted by Gasteiger charge is -2.07. The standard InChI is InChI=1S/C14H12Cl2N2O2S/c15-9-2-1-3-11(6-9)18-14(19)8-21(20)13-5-4-10(16)7-12(13)17/h1-7H,8,17H2,(H,18,19). The summed E-state index contributed by atoms with van der Waals surface area (Å²) in [5, 5.41) is 3.60. The van der Waals surface area contributed by atoms with E-state index in [9.17, 15) is 9.00 Å². The molecular formula is C14H12Cl2N2O2S. The van der Waals surface area contributed by atoms with Crippen LogP contribution >= 0.6 is 23.2 Å². The van der Waals surface area contributed by atoms with Crippen LogP contribution in [0.2, 0.25) is 10.0 Å². The molecule has 3 N–H and O–H groups in total. The van der Waals surface area contributed by atoms with E-state index in [2.05, 4.69) is 5.32 Å². The first-order valence-electron chi connectivity index (χ1n) is 5.94. The average Bonchev–Trinajstić information content (AvgIpc) is 2.38. The number of halogens is 2. The van der Waals surface area contributed by atoms with E-state index in [1.165, 1.54) is 6.07 Å². The molecule has 0 aliphatic rings. The van der Waals surface area contributed by atoms with Gasteiger partial charge in [-0.1, -0.05) is 29.3 Å². The summed E-state index contributed by atoms with van der Waals surface area (Å²) in [6.45, 7) is 0. The number of anilines is 2. The molecule has 7 heteroatoms. The van der Waals surface area contributed by atoms with Crippen LogP contribution in [0.15, 0.2) is 47.4 Å². The van der Waals surface area contributed by atoms with Crippen molar-refractivity contribution in [2.45, 2.75) is 4.90 Å². The molecule has 110 valence electrons. The lowest BCUT2D eigenvalue weighted by atomic mass is 10.3. The Kier molecular flexibility index (Phi) is 5.22. The zero-order chi connectivity index (χ0) is 15.4. The summed E-state index contributed by atoms with van der Waals surface area (Å²) >= 11 is 11.6. The number of rotatable bonds is 4. The van der Waals surface area contributed by atoms with Crippen LogP contribution in [0, 0.1) is 0 Å². The van der Waals surface area contributed by atoms with Crippen molar-refractivity contribution >= 4 is 51.3 Å². The molecule has 0 saturated carbocycles. The normalized spacial score (nSPS) is 11.9. The van der Waals surface area contributed by atoms with Crippen molar-refractivity contribution in [1.29, 1.82) is 0 Å². The Morgan fingerprint density at radius 1 is 1.14 bits per heavy atom. The zero-order valence-corrected chi connectivity index (χ0v) is 13.1. The number of amides is 1. The molecule has 1 atom stereocenters. The minimum atomic E-state index is -1.54. The summed E-state index contributed by atoms with van der Waals surface area (Å²) in [6, 6.07) is 11.4. The van der Waals surface area contributed by atoms with Crippen molar-refractivity contribution in [3.8, 4) is 0 Å². The summed E-state index contributed by atoms with van der Waals surface area (Å²) in [5.41, 5.74) is 6.60. The monoisotopic (exact) mass is 342 g/mol. The predicted octanol–water partition coefficient (Wildman–Crippen LogP) is 3.32. The average molecular weight is 343 g/mol. The van der Waals surface area contributed by atoms with Crippen molar-refractivity contribution in [2.75, 3.05) is 16.8 Å². The number of benzene rings is 2. The van der Waals surface area contributed by atoms with Gasteiger partial charge in [-0.3, -0.25) is 9.00 Å². The molecule has 0 heterocycles. The second kappa shape index (κ2) is 6.93. The minimum Gasteiger partial charge on any atom is -0.398 e. The van der Waals surface area contributed by atoms with Crippen LogP contribution in [0.5, 0.6) is 0 Å². The highest BCUT2D eigenvalue weighted by Gasteiger charge is 2.13. The molecule has 0 aromatic heterocycles. The number of nitrogen functional groups attached to an aromatic ring is 1. The van der Waals surface area contributed by atoms with E-state index < -0.39 is 10.8 Å². The molecule has 0 fully saturated rings. The highest BCUT2D eigenvalue weighted by atomic mass is 35.5. The van der Waals surface area contributed by atoms with Gasteiger partial charge in [0.2, 0.25) is 5.91 Å². The molecule has 1 amide bonds. The number of nitrogens with one attached hydrogen (secondary N) is 1. The van der Waals surface area contributed by atoms with E-state index in [0.29, 0.717) is 26.3 Å². The van der Waals surface area contributed by atoms with Crippen molar-refractivity contribution in [2.24, 2.45) is 0 Å². The van der Waals surface area contributed by atoms with Crippen LogP contribution in [0.3, 0.4) is 0 Å². The Labute approximate surface area is 134 Å². The first kappa shape index (κ1) is 15.8. The highest BCUT2D eigenvalue weighted by molar-refractivity contribution is 7.86. The van der Waals surface area contributed by atoms with Gasteiger partial charge in [0, 0.05) is 21.4 Å². The van der Waals surface area contributed by atoms with Gasteiger partial charge in [0.25, 0.3) is 0 Å². The van der Waals surface area contributed by atoms with Gasteiger partial charge < -0.3 is 11.1 Å². The summed E-state index contributed by atoms with van der Waals surface area (Å²) in [7, 11) is -1.54. The molecule has 0 aliphatic heterocycles. The molecule has 2 aromatic carbocycles. The third-order valence-corrected chi connectivity index (χ3v) is 4.44. The number of carbonyl (C=O) groups excluding carboxylic acids is 1. The SMILES string of the molecule is Nc1cc(Cl)ccc1S(=O)CC(=O)Nc1cccc(Cl)c1. The fraction of sp³-hybridized carbons (Fsp3) is 0.0714. The second-order valence-corrected chi connectivity index (χ2v) is 6.52. The molecule has 2 aromatic rings. The van der Waals surface area contributed by atoms with E-state index >= 15 is 0 Å². The maximum atomic E-state index is 12.1. The van der Waals surface area contributed by atoms with Crippen molar-refractivity contribution in [3.05, 3.63) is 52.5 Å². The van der Waals surface area contributed by atoms with Crippen molar-refractivity contribution in [3.63, 3.8) is 0 Å². The van der Waals surface area contributed by atoms with Crippen LogP contribution in [-0.2, 0) is 15.6 Å². The summed E-state index contributed by atoms with van der Waals surface area (Å²) in [5.74, 6) is -0.580. The zero-order valence-electron chi connectivity index (χ0n) is 10.8. The molecule has 0 aliphatic carbocycles. The van der Waals surface area contributed by atoms with Crippen LogP contribution in [0.4, 0.5) is 11.4 Å². The van der Waals surface area contributed by atoms with Gasteiger partial charge in [0.15, 0.2) is 0 Å². The maximum Gasteiger partial charge on any atom is 0.237 e. The van der Waals surface area contributed by atoms with E-state index in [1.54, 1.807) is 36.4 Å². The van der Waals surface area contributed by atoms with Gasteiger partial charge in [-0.2, -0.15) is 0 Å². The van der Waals surface area contributed by atoms with Crippen LogP contribution in [0.1, 0.15) is 0 Å². The van der Waals surface area contributed by atoms with Gasteiger partial charge in [0.05, 0.1) is 15.7 Å². The highest BCUT2D eigenvalue weighted by Crippen LogP contribution is 2.21. The van der Waals surface area contributed by atoms with Gasteiger partial charge in [-0.15, -0.1) is 0 Å². The van der Waals surface area contributed by atoms with Gasteiger partial charge in [-0.05, 0) is 36.4 Å². The Bertz CT molecular complexity index is 707. The number of carbonyl (C=O) groups is 1. The van der Waals surface area contributed by atoms with E-state index in [-0.39, 0.29) is 11.7 Å². The van der Waals surface area contributed by atoms with Crippen molar-refractivity contribution in [1.82, 2.24) is 0 Å². The largest absolute Gasteiger partial charge is 0.398 e. The third kappa shape index (κ3) is 4.46. The quantitative estimate of drug-likeness (QED) is 0.837. The van der Waals surface area contributed by atoms with Crippen LogP contribution in [-0.4, -0.2) is 15.9 Å². The summed E-state index contributed by atoms with van der Waals surface area (Å²) in [6.07, 6.45) is 0. The fourth-order valence-electron chi connectivity index (χ4n) is 1.69. The first-order valence-corrected chi connectivity index (χ1v) is 8.02. The lowest BCUT2D eigenvalue weighted by Crippen LogP contribution is -2.20. The molecule has 4 nitrogen and oxygen atoms in total. The van der Waals surface area contributed by atoms with Gasteiger partial charge in [-0.25, -0.2) is 0 Å². The predicted molar refractivity (Wildman–Crippen MR) is 87.2 cm³/mol. The molecule has 21 heavy (non-hydrogen) atoms. The third-order valence-electron chi connectivity index (χ3n) is 2.59. The molecule has 0 saturated heterocycles. The molecule has 0 spiro atoms. The first-order chi connectivity index (χ1) is 9.95. The summed E-state index contributed by atoms with van der Waals surface area (Å²) in [4.78, 5) is 12.3. The van der Waals surface area contributed by atoms with Crippen molar-refractivity contribution < 1.29 is 9.00 Å². The molecule has 0 radical (unpaired) electrons.